The largest absolute Gasteiger partial charge is 0.497 e. The zero-order valence-corrected chi connectivity index (χ0v) is 21.7. The van der Waals surface area contributed by atoms with Gasteiger partial charge in [0.1, 0.15) is 11.5 Å². The summed E-state index contributed by atoms with van der Waals surface area (Å²) in [6.45, 7) is 10.3. The monoisotopic (exact) mass is 487 g/mol. The summed E-state index contributed by atoms with van der Waals surface area (Å²) in [7, 11) is 3.15. The topological polar surface area (TPSA) is 71.6 Å². The summed E-state index contributed by atoms with van der Waals surface area (Å²) in [4.78, 5) is 32.7. The van der Waals surface area contributed by atoms with Crippen LogP contribution >= 0.6 is 0 Å². The van der Waals surface area contributed by atoms with Crippen molar-refractivity contribution in [1.29, 1.82) is 0 Å². The van der Waals surface area contributed by atoms with Gasteiger partial charge in [-0.1, -0.05) is 0 Å². The quantitative estimate of drug-likeness (QED) is 0.615. The molecule has 0 aliphatic carbocycles. The van der Waals surface area contributed by atoms with Gasteiger partial charge in [0.25, 0.3) is 5.91 Å². The summed E-state index contributed by atoms with van der Waals surface area (Å²) < 4.78 is 16.5. The van der Waals surface area contributed by atoms with Gasteiger partial charge in [0, 0.05) is 63.4 Å². The number of nitrogens with zero attached hydrogens (tertiary/aromatic N) is 3. The summed E-state index contributed by atoms with van der Waals surface area (Å²) in [6, 6.07) is 5.24. The molecule has 2 atom stereocenters. The normalized spacial score (nSPS) is 24.9. The van der Waals surface area contributed by atoms with Crippen molar-refractivity contribution in [2.75, 3.05) is 60.0 Å². The average Bonchev–Trinajstić information content (AvgIpc) is 2.87. The Bertz CT molecular complexity index is 845. The molecule has 2 amide bonds. The Balaban J connectivity index is 1.23. The lowest BCUT2D eigenvalue weighted by Crippen LogP contribution is -2.50. The molecule has 3 fully saturated rings. The minimum Gasteiger partial charge on any atom is -0.497 e. The van der Waals surface area contributed by atoms with Gasteiger partial charge in [-0.25, -0.2) is 0 Å². The number of benzene rings is 1. The summed E-state index contributed by atoms with van der Waals surface area (Å²) in [5.74, 6) is 2.08. The Kier molecular flexibility index (Phi) is 8.55. The van der Waals surface area contributed by atoms with Crippen LogP contribution in [0, 0.1) is 11.8 Å². The Labute approximate surface area is 209 Å². The maximum atomic E-state index is 13.2. The Morgan fingerprint density at radius 3 is 1.94 bits per heavy atom. The van der Waals surface area contributed by atoms with Gasteiger partial charge in [0.2, 0.25) is 5.91 Å². The standard InChI is InChI=1S/C27H41N3O5/c1-19-16-28(17-20(2)35-19)18-21-5-9-29(10-6-21)26(31)22-7-11-30(12-8-22)27(32)23-13-24(33-3)15-25(14-23)34-4/h13-15,19-22H,5-12,16-18H2,1-4H3. The number of carbonyl (C=O) groups excluding carboxylic acids is 2. The van der Waals surface area contributed by atoms with Crippen molar-refractivity contribution in [2.24, 2.45) is 11.8 Å². The van der Waals surface area contributed by atoms with Gasteiger partial charge in [-0.2, -0.15) is 0 Å². The fraction of sp³-hybridized carbons (Fsp3) is 0.704. The van der Waals surface area contributed by atoms with E-state index in [9.17, 15) is 9.59 Å². The van der Waals surface area contributed by atoms with Crippen LogP contribution in [0.15, 0.2) is 18.2 Å². The number of amides is 2. The molecule has 3 aliphatic rings. The van der Waals surface area contributed by atoms with Crippen LogP contribution in [-0.2, 0) is 9.53 Å². The predicted molar refractivity (Wildman–Crippen MR) is 134 cm³/mol. The van der Waals surface area contributed by atoms with Gasteiger partial charge in [-0.05, 0) is 57.6 Å². The second-order valence-corrected chi connectivity index (χ2v) is 10.4. The second-order valence-electron chi connectivity index (χ2n) is 10.4. The molecular weight excluding hydrogens is 446 g/mol. The predicted octanol–water partition coefficient (Wildman–Crippen LogP) is 2.90. The lowest BCUT2D eigenvalue weighted by molar-refractivity contribution is -0.138. The van der Waals surface area contributed by atoms with E-state index >= 15 is 0 Å². The first-order valence-corrected chi connectivity index (χ1v) is 13.0. The second kappa shape index (κ2) is 11.6. The maximum absolute atomic E-state index is 13.2. The molecule has 1 aromatic rings. The van der Waals surface area contributed by atoms with E-state index in [1.54, 1.807) is 32.4 Å². The van der Waals surface area contributed by atoms with Crippen molar-refractivity contribution >= 4 is 11.8 Å². The van der Waals surface area contributed by atoms with Crippen LogP contribution in [0.5, 0.6) is 11.5 Å². The molecule has 3 saturated heterocycles. The van der Waals surface area contributed by atoms with Crippen LogP contribution in [0.2, 0.25) is 0 Å². The molecule has 2 unspecified atom stereocenters. The van der Waals surface area contributed by atoms with Crippen molar-refractivity contribution < 1.29 is 23.8 Å². The molecule has 0 bridgehead atoms. The van der Waals surface area contributed by atoms with Gasteiger partial charge in [0.05, 0.1) is 26.4 Å². The number of hydrogen-bond donors (Lipinski definition) is 0. The zero-order chi connectivity index (χ0) is 24.9. The number of methoxy groups -OCH3 is 2. The molecule has 0 N–H and O–H groups in total. The molecule has 0 saturated carbocycles. The zero-order valence-electron chi connectivity index (χ0n) is 21.7. The number of rotatable bonds is 6. The van der Waals surface area contributed by atoms with Gasteiger partial charge >= 0.3 is 0 Å². The first-order valence-electron chi connectivity index (χ1n) is 13.0. The highest BCUT2D eigenvalue weighted by Crippen LogP contribution is 2.28. The molecular formula is C27H41N3O5. The van der Waals surface area contributed by atoms with E-state index in [1.165, 1.54) is 0 Å². The third-order valence-electron chi connectivity index (χ3n) is 7.67. The SMILES string of the molecule is COc1cc(OC)cc(C(=O)N2CCC(C(=O)N3CCC(CN4CC(C)OC(C)C4)CC3)CC2)c1. The van der Waals surface area contributed by atoms with E-state index in [1.807, 2.05) is 4.90 Å². The highest BCUT2D eigenvalue weighted by molar-refractivity contribution is 5.95. The van der Waals surface area contributed by atoms with Gasteiger partial charge in [0.15, 0.2) is 0 Å². The Morgan fingerprint density at radius 2 is 1.40 bits per heavy atom. The van der Waals surface area contributed by atoms with Gasteiger partial charge < -0.3 is 24.0 Å². The van der Waals surface area contributed by atoms with Crippen molar-refractivity contribution in [3.8, 4) is 11.5 Å². The molecule has 1 aromatic carbocycles. The number of piperidine rings is 2. The lowest BCUT2D eigenvalue weighted by Gasteiger charge is -2.40. The van der Waals surface area contributed by atoms with Gasteiger partial charge in [-0.3, -0.25) is 14.5 Å². The van der Waals surface area contributed by atoms with Crippen LogP contribution in [-0.4, -0.2) is 98.8 Å². The number of likely N-dealkylation sites (tertiary alicyclic amines) is 2. The third kappa shape index (κ3) is 6.47. The van der Waals surface area contributed by atoms with Crippen LogP contribution in [0.4, 0.5) is 0 Å². The third-order valence-corrected chi connectivity index (χ3v) is 7.67. The summed E-state index contributed by atoms with van der Waals surface area (Å²) >= 11 is 0. The number of morpholine rings is 1. The summed E-state index contributed by atoms with van der Waals surface area (Å²) in [6.07, 6.45) is 4.17. The Morgan fingerprint density at radius 1 is 0.857 bits per heavy atom. The minimum atomic E-state index is -0.0411. The highest BCUT2D eigenvalue weighted by Gasteiger charge is 2.33. The molecule has 8 heteroatoms. The van der Waals surface area contributed by atoms with E-state index in [0.717, 1.165) is 58.4 Å². The highest BCUT2D eigenvalue weighted by atomic mass is 16.5. The molecule has 3 aliphatic heterocycles. The molecule has 194 valence electrons. The number of carbonyl (C=O) groups is 2. The van der Waals surface area contributed by atoms with Crippen LogP contribution in [0.3, 0.4) is 0 Å². The Hall–Kier alpha value is -2.32. The lowest BCUT2D eigenvalue weighted by atomic mass is 9.91. The maximum Gasteiger partial charge on any atom is 0.254 e. The molecule has 35 heavy (non-hydrogen) atoms. The van der Waals surface area contributed by atoms with Crippen molar-refractivity contribution in [1.82, 2.24) is 14.7 Å². The van der Waals surface area contributed by atoms with E-state index in [4.69, 9.17) is 14.2 Å². The first kappa shape index (κ1) is 25.8. The van der Waals surface area contributed by atoms with Crippen molar-refractivity contribution in [3.63, 3.8) is 0 Å². The first-order chi connectivity index (χ1) is 16.9. The molecule has 8 nitrogen and oxygen atoms in total. The molecule has 3 heterocycles. The van der Waals surface area contributed by atoms with Crippen LogP contribution in [0.1, 0.15) is 49.9 Å². The minimum absolute atomic E-state index is 0.0105. The molecule has 0 spiro atoms. The summed E-state index contributed by atoms with van der Waals surface area (Å²) in [5.41, 5.74) is 0.553. The van der Waals surface area contributed by atoms with Crippen LogP contribution in [0.25, 0.3) is 0 Å². The number of hydrogen-bond acceptors (Lipinski definition) is 6. The van der Waals surface area contributed by atoms with E-state index in [0.29, 0.717) is 48.3 Å². The van der Waals surface area contributed by atoms with Crippen molar-refractivity contribution in [2.45, 2.75) is 51.7 Å². The van der Waals surface area contributed by atoms with Gasteiger partial charge in [-0.15, -0.1) is 0 Å². The van der Waals surface area contributed by atoms with E-state index < -0.39 is 0 Å². The average molecular weight is 488 g/mol. The fourth-order valence-corrected chi connectivity index (χ4v) is 5.84. The molecule has 0 radical (unpaired) electrons. The van der Waals surface area contributed by atoms with Crippen LogP contribution < -0.4 is 9.47 Å². The molecule has 0 aromatic heterocycles. The van der Waals surface area contributed by atoms with Crippen molar-refractivity contribution in [3.05, 3.63) is 23.8 Å². The van der Waals surface area contributed by atoms with E-state index in [-0.39, 0.29) is 17.7 Å². The smallest absolute Gasteiger partial charge is 0.254 e. The molecule has 4 rings (SSSR count). The van der Waals surface area contributed by atoms with E-state index in [2.05, 4.69) is 23.6 Å². The number of ether oxygens (including phenoxy) is 3. The fourth-order valence-electron chi connectivity index (χ4n) is 5.84. The summed E-state index contributed by atoms with van der Waals surface area (Å²) in [5, 5.41) is 0.